The highest BCUT2D eigenvalue weighted by molar-refractivity contribution is 5.92. The van der Waals surface area contributed by atoms with Crippen LogP contribution in [0.2, 0.25) is 0 Å². The first-order chi connectivity index (χ1) is 30.3. The summed E-state index contributed by atoms with van der Waals surface area (Å²) in [6.07, 6.45) is 17.8. The van der Waals surface area contributed by atoms with Crippen LogP contribution >= 0.6 is 0 Å². The molecule has 64 heavy (non-hydrogen) atoms. The number of hydrogen-bond acceptors (Lipinski definition) is 11. The average molecular weight is 887 g/mol. The summed E-state index contributed by atoms with van der Waals surface area (Å²) in [6, 6.07) is 0. The predicted octanol–water partition coefficient (Wildman–Crippen LogP) is 7.93. The number of epoxide rings is 2. The fourth-order valence-electron chi connectivity index (χ4n) is 15.3. The Balaban J connectivity index is 0.754. The van der Waals surface area contributed by atoms with Crippen LogP contribution in [0.4, 0.5) is 0 Å². The zero-order valence-electron chi connectivity index (χ0n) is 39.4. The van der Waals surface area contributed by atoms with Gasteiger partial charge in [0, 0.05) is 42.1 Å². The van der Waals surface area contributed by atoms with Crippen LogP contribution < -0.4 is 0 Å². The Hall–Kier alpha value is -2.83. The van der Waals surface area contributed by atoms with Crippen LogP contribution in [0.3, 0.4) is 0 Å². The molecule has 3 aliphatic heterocycles. The van der Waals surface area contributed by atoms with Crippen molar-refractivity contribution in [1.82, 2.24) is 0 Å². The van der Waals surface area contributed by atoms with Crippen molar-refractivity contribution < 1.29 is 53.4 Å². The van der Waals surface area contributed by atoms with Gasteiger partial charge in [-0.2, -0.15) is 0 Å². The molecule has 7 aliphatic carbocycles. The second-order valence-corrected chi connectivity index (χ2v) is 23.5. The number of aliphatic hydroxyl groups excluding tert-OH is 2. The molecule has 0 bridgehead atoms. The Morgan fingerprint density at radius 3 is 2.41 bits per heavy atom. The van der Waals surface area contributed by atoms with Gasteiger partial charge in [0.1, 0.15) is 23.9 Å². The third-order valence-corrected chi connectivity index (χ3v) is 19.5. The number of fused-ring (bicyclic) bond motifs is 3. The third kappa shape index (κ3) is 6.75. The van der Waals surface area contributed by atoms with Crippen LogP contribution in [0.25, 0.3) is 0 Å². The molecule has 2 spiro atoms. The van der Waals surface area contributed by atoms with Crippen molar-refractivity contribution >= 4 is 17.9 Å². The molecule has 11 nitrogen and oxygen atoms in total. The molecule has 0 aromatic carbocycles. The summed E-state index contributed by atoms with van der Waals surface area (Å²) < 4.78 is 31.4. The minimum absolute atomic E-state index is 0.0188. The van der Waals surface area contributed by atoms with Crippen LogP contribution in [0, 0.1) is 51.8 Å². The molecule has 3 unspecified atom stereocenters. The number of allylic oxidation sites excluding steroid dienone is 4. The summed E-state index contributed by atoms with van der Waals surface area (Å²) in [6.45, 7) is 15.4. The van der Waals surface area contributed by atoms with Crippen LogP contribution in [-0.2, 0) is 38.1 Å². The van der Waals surface area contributed by atoms with Crippen molar-refractivity contribution in [2.45, 2.75) is 205 Å². The first-order valence-corrected chi connectivity index (χ1v) is 25.1. The summed E-state index contributed by atoms with van der Waals surface area (Å²) >= 11 is 0. The summed E-state index contributed by atoms with van der Waals surface area (Å²) in [7, 11) is 0. The van der Waals surface area contributed by atoms with E-state index in [2.05, 4.69) is 58.9 Å². The molecule has 352 valence electrons. The largest absolute Gasteiger partial charge is 0.458 e. The molecule has 6 saturated carbocycles. The number of ether oxygens (including phenoxy) is 5. The molecular weight excluding hydrogens is 813 g/mol. The number of aliphatic hydroxyl groups is 3. The highest BCUT2D eigenvalue weighted by Gasteiger charge is 2.95. The van der Waals surface area contributed by atoms with E-state index < -0.39 is 41.1 Å². The van der Waals surface area contributed by atoms with E-state index in [0.717, 1.165) is 61.7 Å². The monoisotopic (exact) mass is 887 g/mol. The van der Waals surface area contributed by atoms with Crippen molar-refractivity contribution in [2.75, 3.05) is 6.61 Å². The standard InChI is InChI=1S/C53H74O11/c1-29(2)51(59)27-43-53(64-43)50(7)23-21-35-36(28-60-46(35)58)39(50)26-42-52(53,63-42)47(51)62-45(57)12-8-11-44(56)61-40(32-14-15-32)20-13-30(3)37-18-19-38-31(10-9-22-49(37,38)6)16-17-33-24-34(54)25-41(55)48(33,4)5/h13,16-17,20,29-30,32,34,37-43,47,54-55,59H,8-12,14-15,18-19,21-28H2,1-7H3/b20-13+,31-16+,33-17-/t30-,34+,37?,38?,39-,40?,41-,42-,43-,47+,49+,50-,51+,52+,53+/m0/s1. The van der Waals surface area contributed by atoms with E-state index in [1.54, 1.807) is 0 Å². The van der Waals surface area contributed by atoms with Crippen molar-refractivity contribution in [1.29, 1.82) is 0 Å². The lowest BCUT2D eigenvalue weighted by atomic mass is 9.46. The van der Waals surface area contributed by atoms with Crippen molar-refractivity contribution in [2.24, 2.45) is 51.8 Å². The predicted molar refractivity (Wildman–Crippen MR) is 237 cm³/mol. The van der Waals surface area contributed by atoms with Crippen molar-refractivity contribution in [3.8, 4) is 0 Å². The van der Waals surface area contributed by atoms with Gasteiger partial charge in [-0.15, -0.1) is 0 Å². The second-order valence-electron chi connectivity index (χ2n) is 23.5. The lowest BCUT2D eigenvalue weighted by Crippen LogP contribution is -2.72. The fourth-order valence-corrected chi connectivity index (χ4v) is 15.3. The number of rotatable bonds is 12. The van der Waals surface area contributed by atoms with E-state index in [0.29, 0.717) is 62.4 Å². The molecule has 0 amide bonds. The molecule has 15 atom stereocenters. The zero-order chi connectivity index (χ0) is 45.4. The quantitative estimate of drug-likeness (QED) is 0.0755. The lowest BCUT2D eigenvalue weighted by Gasteiger charge is -2.56. The van der Waals surface area contributed by atoms with E-state index in [9.17, 15) is 29.7 Å². The molecule has 2 saturated heterocycles. The minimum atomic E-state index is -1.35. The maximum atomic E-state index is 13.8. The summed E-state index contributed by atoms with van der Waals surface area (Å²) in [4.78, 5) is 39.7. The van der Waals surface area contributed by atoms with E-state index in [1.165, 1.54) is 12.0 Å². The second kappa shape index (κ2) is 15.6. The normalized spacial score (nSPS) is 46.1. The number of carbonyl (C=O) groups is 3. The van der Waals surface area contributed by atoms with E-state index in [4.69, 9.17) is 23.7 Å². The van der Waals surface area contributed by atoms with Gasteiger partial charge in [0.25, 0.3) is 0 Å². The summed E-state index contributed by atoms with van der Waals surface area (Å²) in [5.41, 5.74) is 0.908. The van der Waals surface area contributed by atoms with Gasteiger partial charge in [-0.05, 0) is 130 Å². The molecule has 3 N–H and O–H groups in total. The Bertz CT molecular complexity index is 2060. The molecule has 8 fully saturated rings. The highest BCUT2D eigenvalue weighted by Crippen LogP contribution is 2.80. The molecule has 10 aliphatic rings. The topological polar surface area (TPSA) is 165 Å². The molecule has 0 aromatic heterocycles. The zero-order valence-corrected chi connectivity index (χ0v) is 39.4. The van der Waals surface area contributed by atoms with E-state index in [-0.39, 0.29) is 77.6 Å². The number of carbonyl (C=O) groups excluding carboxylic acids is 3. The fraction of sp³-hybridized carbons (Fsp3) is 0.792. The SMILES string of the molecule is CC(C)[C@]1(O)C[C@@H]2O[C@]23[C@]2(O[C@H]2C[C@H]2C4=C(CC[C@@]23C)C(=O)OC4)[C@@H]1OC(=O)CCCC(=O)OC(/C=C/[C@H](C)C1CCC2/C(=C/C=C3/C[C@@H](O)C[C@H](O)C3(C)C)CCC[C@@]21C)C1CC1. The number of esters is 3. The average Bonchev–Trinajstić information content (AvgIpc) is 4.19. The molecule has 3 heterocycles. The minimum Gasteiger partial charge on any atom is -0.458 e. The van der Waals surface area contributed by atoms with Crippen molar-refractivity contribution in [3.63, 3.8) is 0 Å². The number of hydrogen-bond donors (Lipinski definition) is 3. The van der Waals surface area contributed by atoms with Crippen LogP contribution in [0.1, 0.15) is 151 Å². The van der Waals surface area contributed by atoms with Crippen LogP contribution in [0.5, 0.6) is 0 Å². The highest BCUT2D eigenvalue weighted by atomic mass is 16.7. The van der Waals surface area contributed by atoms with Gasteiger partial charge in [-0.25, -0.2) is 4.79 Å². The smallest absolute Gasteiger partial charge is 0.334 e. The molecule has 11 heteroatoms. The van der Waals surface area contributed by atoms with Gasteiger partial charge in [0.05, 0.1) is 24.4 Å². The molecule has 0 aromatic rings. The van der Waals surface area contributed by atoms with E-state index >= 15 is 0 Å². The van der Waals surface area contributed by atoms with Crippen LogP contribution in [-0.4, -0.2) is 93.3 Å². The van der Waals surface area contributed by atoms with Gasteiger partial charge < -0.3 is 39.0 Å². The molecule has 10 rings (SSSR count). The van der Waals surface area contributed by atoms with Gasteiger partial charge >= 0.3 is 17.9 Å². The summed E-state index contributed by atoms with van der Waals surface area (Å²) in [5.74, 6) is 0.507. The molecular formula is C53H74O11. The lowest BCUT2D eigenvalue weighted by molar-refractivity contribution is -0.206. The van der Waals surface area contributed by atoms with Gasteiger partial charge in [-0.3, -0.25) is 9.59 Å². The Labute approximate surface area is 379 Å². The first kappa shape index (κ1) is 45.0. The van der Waals surface area contributed by atoms with Gasteiger partial charge in [-0.1, -0.05) is 77.8 Å². The van der Waals surface area contributed by atoms with Crippen molar-refractivity contribution in [3.05, 3.63) is 46.6 Å². The first-order valence-electron chi connectivity index (χ1n) is 25.1. The molecule has 0 radical (unpaired) electrons. The van der Waals surface area contributed by atoms with Gasteiger partial charge in [0.15, 0.2) is 11.7 Å². The Morgan fingerprint density at radius 2 is 1.66 bits per heavy atom. The maximum absolute atomic E-state index is 13.8. The maximum Gasteiger partial charge on any atom is 0.334 e. The Morgan fingerprint density at radius 1 is 0.891 bits per heavy atom. The summed E-state index contributed by atoms with van der Waals surface area (Å²) in [5, 5.41) is 33.5. The number of cyclic esters (lactones) is 1. The Kier molecular flexibility index (Phi) is 11.0. The van der Waals surface area contributed by atoms with Crippen LogP contribution in [0.15, 0.2) is 46.6 Å². The third-order valence-electron chi connectivity index (χ3n) is 19.5. The van der Waals surface area contributed by atoms with E-state index in [1.807, 2.05) is 13.8 Å². The van der Waals surface area contributed by atoms with Gasteiger partial charge in [0.2, 0.25) is 0 Å².